The molecule has 128 valence electrons. The molecule has 0 saturated heterocycles. The second-order valence-corrected chi connectivity index (χ2v) is 6.24. The van der Waals surface area contributed by atoms with E-state index in [1.165, 1.54) is 32.1 Å². The van der Waals surface area contributed by atoms with E-state index in [9.17, 15) is 14.9 Å². The van der Waals surface area contributed by atoms with Crippen LogP contribution in [0.25, 0.3) is 0 Å². The van der Waals surface area contributed by atoms with E-state index in [2.05, 4.69) is 6.92 Å². The van der Waals surface area contributed by atoms with E-state index in [-0.39, 0.29) is 23.3 Å². The summed E-state index contributed by atoms with van der Waals surface area (Å²) < 4.78 is 0. The summed E-state index contributed by atoms with van der Waals surface area (Å²) in [5.41, 5.74) is 0.893. The van der Waals surface area contributed by atoms with E-state index in [1.807, 2.05) is 30.3 Å². The van der Waals surface area contributed by atoms with Gasteiger partial charge in [0.15, 0.2) is 0 Å². The molecule has 2 atom stereocenters. The molecule has 0 aromatic heterocycles. The van der Waals surface area contributed by atoms with Crippen LogP contribution in [-0.2, 0) is 4.79 Å². The van der Waals surface area contributed by atoms with E-state index in [0.717, 1.165) is 31.1 Å². The Morgan fingerprint density at radius 2 is 1.65 bits per heavy atom. The molecule has 0 aliphatic rings. The topological polar surface area (TPSA) is 60.2 Å². The van der Waals surface area contributed by atoms with Crippen LogP contribution in [0.4, 0.5) is 0 Å². The molecule has 1 rings (SSSR count). The summed E-state index contributed by atoms with van der Waals surface area (Å²) in [6, 6.07) is 9.40. The van der Waals surface area contributed by atoms with Gasteiger partial charge in [0.2, 0.25) is 6.54 Å². The van der Waals surface area contributed by atoms with Gasteiger partial charge in [0.1, 0.15) is 6.29 Å². The highest BCUT2D eigenvalue weighted by molar-refractivity contribution is 5.56. The third kappa shape index (κ3) is 7.91. The maximum Gasteiger partial charge on any atom is 0.211 e. The molecule has 23 heavy (non-hydrogen) atoms. The second-order valence-electron chi connectivity index (χ2n) is 6.24. The Morgan fingerprint density at radius 3 is 2.22 bits per heavy atom. The Kier molecular flexibility index (Phi) is 9.92. The Hall–Kier alpha value is -1.71. The minimum absolute atomic E-state index is 0.177. The van der Waals surface area contributed by atoms with Crippen molar-refractivity contribution < 1.29 is 9.72 Å². The van der Waals surface area contributed by atoms with Crippen molar-refractivity contribution in [2.24, 2.45) is 5.92 Å². The summed E-state index contributed by atoms with van der Waals surface area (Å²) in [4.78, 5) is 22.1. The number of benzene rings is 1. The van der Waals surface area contributed by atoms with Gasteiger partial charge in [0.25, 0.3) is 0 Å². The fourth-order valence-corrected chi connectivity index (χ4v) is 3.05. The molecule has 4 heteroatoms. The van der Waals surface area contributed by atoms with Crippen LogP contribution in [0.1, 0.15) is 69.8 Å². The number of nitrogens with zero attached hydrogens (tertiary/aromatic N) is 1. The van der Waals surface area contributed by atoms with Crippen LogP contribution in [0, 0.1) is 16.0 Å². The third-order valence-electron chi connectivity index (χ3n) is 4.41. The van der Waals surface area contributed by atoms with E-state index in [1.54, 1.807) is 0 Å². The number of nitro groups is 1. The van der Waals surface area contributed by atoms with Crippen molar-refractivity contribution in [1.82, 2.24) is 0 Å². The van der Waals surface area contributed by atoms with Gasteiger partial charge in [0.05, 0.1) is 5.92 Å². The summed E-state index contributed by atoms with van der Waals surface area (Å²) in [6.45, 7) is 2.03. The molecule has 0 unspecified atom stereocenters. The molecule has 1 aromatic carbocycles. The van der Waals surface area contributed by atoms with Gasteiger partial charge in [-0.3, -0.25) is 10.1 Å². The molecule has 0 amide bonds. The standard InChI is InChI=1S/C19H29NO3/c1-2-3-4-5-6-7-9-14-18(16-21)19(15-20(22)23)17-12-10-8-11-13-17/h8,10-13,16,18-19H,2-7,9,14-15H2,1H3/t18-,19+/m0/s1. The van der Waals surface area contributed by atoms with Gasteiger partial charge in [0, 0.05) is 10.8 Å². The second kappa shape index (κ2) is 11.8. The van der Waals surface area contributed by atoms with Crippen molar-refractivity contribution in [3.05, 3.63) is 46.0 Å². The highest BCUT2D eigenvalue weighted by atomic mass is 16.6. The van der Waals surface area contributed by atoms with Crippen LogP contribution in [0.3, 0.4) is 0 Å². The Morgan fingerprint density at radius 1 is 1.04 bits per heavy atom. The van der Waals surface area contributed by atoms with Gasteiger partial charge in [-0.15, -0.1) is 0 Å². The first-order chi connectivity index (χ1) is 11.2. The molecule has 0 aliphatic heterocycles. The van der Waals surface area contributed by atoms with Crippen molar-refractivity contribution in [2.45, 2.75) is 64.2 Å². The normalized spacial score (nSPS) is 13.4. The Bertz CT molecular complexity index is 447. The first-order valence-corrected chi connectivity index (χ1v) is 8.81. The van der Waals surface area contributed by atoms with Crippen LogP contribution in [0.5, 0.6) is 0 Å². The van der Waals surface area contributed by atoms with Crippen molar-refractivity contribution in [2.75, 3.05) is 6.54 Å². The molecule has 1 aromatic rings. The molecular weight excluding hydrogens is 290 g/mol. The lowest BCUT2D eigenvalue weighted by Gasteiger charge is -2.20. The zero-order valence-corrected chi connectivity index (χ0v) is 14.2. The Labute approximate surface area is 139 Å². The van der Waals surface area contributed by atoms with E-state index in [0.29, 0.717) is 0 Å². The van der Waals surface area contributed by atoms with E-state index >= 15 is 0 Å². The van der Waals surface area contributed by atoms with Gasteiger partial charge in [-0.05, 0) is 12.0 Å². The highest BCUT2D eigenvalue weighted by Crippen LogP contribution is 2.28. The molecule has 0 radical (unpaired) electrons. The first-order valence-electron chi connectivity index (χ1n) is 8.81. The minimum Gasteiger partial charge on any atom is -0.303 e. The molecule has 4 nitrogen and oxygen atoms in total. The van der Waals surface area contributed by atoms with Crippen LogP contribution < -0.4 is 0 Å². The largest absolute Gasteiger partial charge is 0.303 e. The van der Waals surface area contributed by atoms with E-state index < -0.39 is 0 Å². The predicted molar refractivity (Wildman–Crippen MR) is 93.2 cm³/mol. The first kappa shape index (κ1) is 19.3. The van der Waals surface area contributed by atoms with Gasteiger partial charge >= 0.3 is 0 Å². The van der Waals surface area contributed by atoms with Gasteiger partial charge in [-0.25, -0.2) is 0 Å². The van der Waals surface area contributed by atoms with Crippen LogP contribution in [-0.4, -0.2) is 17.8 Å². The lowest BCUT2D eigenvalue weighted by molar-refractivity contribution is -0.484. The number of carbonyl (C=O) groups excluding carboxylic acids is 1. The molecule has 0 fully saturated rings. The molecule has 0 aliphatic carbocycles. The number of aldehydes is 1. The maximum atomic E-state index is 11.5. The van der Waals surface area contributed by atoms with Crippen molar-refractivity contribution >= 4 is 6.29 Å². The molecule has 0 spiro atoms. The monoisotopic (exact) mass is 319 g/mol. The SMILES string of the molecule is CCCCCCCCC[C@@H](C=O)[C@H](C[N+](=O)[O-])c1ccccc1. The lowest BCUT2D eigenvalue weighted by Crippen LogP contribution is -2.22. The number of carbonyl (C=O) groups is 1. The minimum atomic E-state index is -0.316. The van der Waals surface area contributed by atoms with Crippen LogP contribution >= 0.6 is 0 Å². The molecule has 0 saturated carbocycles. The molecule has 0 heterocycles. The van der Waals surface area contributed by atoms with Crippen molar-refractivity contribution in [3.8, 4) is 0 Å². The average Bonchev–Trinajstić information content (AvgIpc) is 2.56. The van der Waals surface area contributed by atoms with Crippen molar-refractivity contribution in [3.63, 3.8) is 0 Å². The van der Waals surface area contributed by atoms with Gasteiger partial charge in [-0.1, -0.05) is 82.2 Å². The summed E-state index contributed by atoms with van der Waals surface area (Å²) in [5, 5.41) is 11.0. The van der Waals surface area contributed by atoms with Gasteiger partial charge in [-0.2, -0.15) is 0 Å². The lowest BCUT2D eigenvalue weighted by atomic mass is 9.83. The molecular formula is C19H29NO3. The quantitative estimate of drug-likeness (QED) is 0.222. The fourth-order valence-electron chi connectivity index (χ4n) is 3.05. The third-order valence-corrected chi connectivity index (χ3v) is 4.41. The fraction of sp³-hybridized carbons (Fsp3) is 0.632. The summed E-state index contributed by atoms with van der Waals surface area (Å²) >= 11 is 0. The maximum absolute atomic E-state index is 11.5. The number of hydrogen-bond donors (Lipinski definition) is 0. The predicted octanol–water partition coefficient (Wildman–Crippen LogP) is 5.00. The zero-order chi connectivity index (χ0) is 16.9. The van der Waals surface area contributed by atoms with Crippen LogP contribution in [0.2, 0.25) is 0 Å². The number of hydrogen-bond acceptors (Lipinski definition) is 3. The summed E-state index contributed by atoms with van der Waals surface area (Å²) in [5.74, 6) is -0.581. The zero-order valence-electron chi connectivity index (χ0n) is 14.2. The van der Waals surface area contributed by atoms with Gasteiger partial charge < -0.3 is 4.79 Å². The number of unbranched alkanes of at least 4 members (excludes halogenated alkanes) is 6. The van der Waals surface area contributed by atoms with E-state index in [4.69, 9.17) is 0 Å². The average molecular weight is 319 g/mol. The molecule has 0 bridgehead atoms. The summed E-state index contributed by atoms with van der Waals surface area (Å²) in [7, 11) is 0. The highest BCUT2D eigenvalue weighted by Gasteiger charge is 2.27. The smallest absolute Gasteiger partial charge is 0.211 e. The van der Waals surface area contributed by atoms with Crippen LogP contribution in [0.15, 0.2) is 30.3 Å². The number of rotatable bonds is 13. The van der Waals surface area contributed by atoms with Crippen molar-refractivity contribution in [1.29, 1.82) is 0 Å². The summed E-state index contributed by atoms with van der Waals surface area (Å²) in [6.07, 6.45) is 9.98. The molecule has 0 N–H and O–H groups in total. The Balaban J connectivity index is 2.50.